The highest BCUT2D eigenvalue weighted by atomic mass is 28.4. The van der Waals surface area contributed by atoms with Crippen LogP contribution >= 0.6 is 0 Å². The maximum Gasteiger partial charge on any atom is 0.293 e. The fourth-order valence-corrected chi connectivity index (χ4v) is 3.81. The zero-order valence-corrected chi connectivity index (χ0v) is 13.9. The summed E-state index contributed by atoms with van der Waals surface area (Å²) in [5.74, 6) is 0.359. The Morgan fingerprint density at radius 3 is 2.42 bits per heavy atom. The molecule has 4 heteroatoms. The Morgan fingerprint density at radius 1 is 1.32 bits per heavy atom. The molecule has 19 heavy (non-hydrogen) atoms. The lowest BCUT2D eigenvalue weighted by atomic mass is 10.0. The van der Waals surface area contributed by atoms with Crippen LogP contribution < -0.4 is 0 Å². The van der Waals surface area contributed by atoms with Crippen LogP contribution in [0, 0.1) is 5.92 Å². The van der Waals surface area contributed by atoms with Crippen molar-refractivity contribution < 1.29 is 14.0 Å². The summed E-state index contributed by atoms with van der Waals surface area (Å²) in [6, 6.07) is 0. The molecule has 3 atom stereocenters. The number of hydrogen-bond donors (Lipinski definition) is 0. The summed E-state index contributed by atoms with van der Waals surface area (Å²) >= 11 is 0. The highest BCUT2D eigenvalue weighted by molar-refractivity contribution is 6.74. The fraction of sp³-hybridized carbons (Fsp3) is 0.800. The van der Waals surface area contributed by atoms with Gasteiger partial charge in [0.15, 0.2) is 8.32 Å². The Morgan fingerprint density at radius 2 is 1.95 bits per heavy atom. The van der Waals surface area contributed by atoms with Crippen LogP contribution in [-0.2, 0) is 14.0 Å². The summed E-state index contributed by atoms with van der Waals surface area (Å²) in [6.45, 7) is 15.6. The Hall–Kier alpha value is -0.613. The molecule has 0 aliphatic heterocycles. The predicted octanol–water partition coefficient (Wildman–Crippen LogP) is 3.90. The lowest BCUT2D eigenvalue weighted by Crippen LogP contribution is -2.43. The van der Waals surface area contributed by atoms with E-state index in [9.17, 15) is 4.79 Å². The molecule has 0 spiro atoms. The van der Waals surface area contributed by atoms with Gasteiger partial charge in [0.05, 0.1) is 0 Å². The molecule has 1 aliphatic carbocycles. The summed E-state index contributed by atoms with van der Waals surface area (Å²) in [7, 11) is -1.74. The highest BCUT2D eigenvalue weighted by Crippen LogP contribution is 2.41. The summed E-state index contributed by atoms with van der Waals surface area (Å²) < 4.78 is 11.6. The van der Waals surface area contributed by atoms with E-state index in [1.54, 1.807) is 0 Å². The van der Waals surface area contributed by atoms with Gasteiger partial charge in [0, 0.05) is 18.4 Å². The van der Waals surface area contributed by atoms with Crippen LogP contribution in [0.5, 0.6) is 0 Å². The molecule has 0 unspecified atom stereocenters. The zero-order valence-electron chi connectivity index (χ0n) is 12.9. The van der Waals surface area contributed by atoms with Gasteiger partial charge < -0.3 is 9.16 Å². The van der Waals surface area contributed by atoms with Crippen molar-refractivity contribution in [3.63, 3.8) is 0 Å². The number of ether oxygens (including phenoxy) is 1. The molecule has 1 aliphatic rings. The number of hydrogen-bond acceptors (Lipinski definition) is 3. The second kappa shape index (κ2) is 6.22. The molecule has 0 radical (unpaired) electrons. The average Bonchev–Trinajstić information content (AvgIpc) is 2.59. The van der Waals surface area contributed by atoms with Gasteiger partial charge in [-0.2, -0.15) is 0 Å². The summed E-state index contributed by atoms with van der Waals surface area (Å²) in [4.78, 5) is 10.6. The summed E-state index contributed by atoms with van der Waals surface area (Å²) in [5, 5.41) is 0.213. The second-order valence-electron chi connectivity index (χ2n) is 7.03. The number of allylic oxidation sites excluding steroid dienone is 1. The van der Waals surface area contributed by atoms with Crippen molar-refractivity contribution >= 4 is 14.8 Å². The summed E-state index contributed by atoms with van der Waals surface area (Å²) in [6.07, 6.45) is 4.79. The first-order chi connectivity index (χ1) is 8.71. The molecule has 3 nitrogen and oxygen atoms in total. The van der Waals surface area contributed by atoms with Crippen LogP contribution in [-0.4, -0.2) is 27.0 Å². The smallest absolute Gasteiger partial charge is 0.293 e. The average molecular weight is 284 g/mol. The second-order valence-corrected chi connectivity index (χ2v) is 11.8. The van der Waals surface area contributed by atoms with Crippen LogP contribution in [0.25, 0.3) is 0 Å². The van der Waals surface area contributed by atoms with E-state index in [-0.39, 0.29) is 17.2 Å². The maximum absolute atomic E-state index is 10.6. The minimum Gasteiger partial charge on any atom is -0.464 e. The first-order valence-corrected chi connectivity index (χ1v) is 10.00. The van der Waals surface area contributed by atoms with Crippen LogP contribution in [0.1, 0.15) is 40.0 Å². The molecule has 0 saturated heterocycles. The highest BCUT2D eigenvalue weighted by Gasteiger charge is 2.43. The van der Waals surface area contributed by atoms with Gasteiger partial charge in [0.1, 0.15) is 6.10 Å². The zero-order chi connectivity index (χ0) is 14.7. The van der Waals surface area contributed by atoms with E-state index >= 15 is 0 Å². The quantitative estimate of drug-likeness (QED) is 0.421. The van der Waals surface area contributed by atoms with E-state index in [0.29, 0.717) is 12.4 Å². The number of carbonyl (C=O) groups is 1. The van der Waals surface area contributed by atoms with Crippen molar-refractivity contribution in [2.24, 2.45) is 5.92 Å². The molecule has 0 bridgehead atoms. The van der Waals surface area contributed by atoms with Crippen molar-refractivity contribution in [1.82, 2.24) is 0 Å². The molecule has 110 valence electrons. The Kier molecular flexibility index (Phi) is 5.39. The fourth-order valence-electron chi connectivity index (χ4n) is 2.43. The first-order valence-electron chi connectivity index (χ1n) is 7.09. The molecular weight excluding hydrogens is 256 g/mol. The van der Waals surface area contributed by atoms with Crippen molar-refractivity contribution in [1.29, 1.82) is 0 Å². The van der Waals surface area contributed by atoms with Crippen LogP contribution in [0.3, 0.4) is 0 Å². The maximum atomic E-state index is 10.6. The molecule has 0 aromatic heterocycles. The molecule has 1 fully saturated rings. The van der Waals surface area contributed by atoms with Crippen molar-refractivity contribution in [2.75, 3.05) is 0 Å². The molecular formula is C15H28O3Si. The molecule has 0 aromatic rings. The third-order valence-corrected chi connectivity index (χ3v) is 9.09. The van der Waals surface area contributed by atoms with Gasteiger partial charge >= 0.3 is 0 Å². The van der Waals surface area contributed by atoms with Crippen LogP contribution in [0.4, 0.5) is 0 Å². The lowest BCUT2D eigenvalue weighted by molar-refractivity contribution is -0.135. The minimum atomic E-state index is -1.74. The normalized spacial score (nSPS) is 28.2. The molecule has 0 N–H and O–H groups in total. The molecule has 0 amide bonds. The summed E-state index contributed by atoms with van der Waals surface area (Å²) in [5.41, 5.74) is 0. The van der Waals surface area contributed by atoms with Gasteiger partial charge in [-0.25, -0.2) is 0 Å². The predicted molar refractivity (Wildman–Crippen MR) is 80.5 cm³/mol. The minimum absolute atomic E-state index is 0.00901. The topological polar surface area (TPSA) is 35.5 Å². The largest absolute Gasteiger partial charge is 0.464 e. The van der Waals surface area contributed by atoms with E-state index in [2.05, 4.69) is 40.4 Å². The molecule has 1 saturated carbocycles. The third-order valence-electron chi connectivity index (χ3n) is 4.55. The van der Waals surface area contributed by atoms with E-state index in [0.717, 1.165) is 19.3 Å². The number of carbonyl (C=O) groups excluding carboxylic acids is 1. The molecule has 0 heterocycles. The van der Waals surface area contributed by atoms with Gasteiger partial charge in [-0.05, 0) is 31.0 Å². The van der Waals surface area contributed by atoms with E-state index in [4.69, 9.17) is 9.16 Å². The van der Waals surface area contributed by atoms with Gasteiger partial charge in [-0.1, -0.05) is 26.8 Å². The van der Waals surface area contributed by atoms with Gasteiger partial charge in [-0.3, -0.25) is 4.79 Å². The van der Waals surface area contributed by atoms with Gasteiger partial charge in [0.25, 0.3) is 6.47 Å². The van der Waals surface area contributed by atoms with Crippen LogP contribution in [0.2, 0.25) is 18.1 Å². The number of rotatable bonds is 6. The SMILES string of the molecule is C=CC[C@@H]1C[C@@H](O[Si](C)(C)C(C)(C)C)C[C@@H]1OC=O. The van der Waals surface area contributed by atoms with Gasteiger partial charge in [-0.15, -0.1) is 6.58 Å². The Balaban J connectivity index is 2.67. The monoisotopic (exact) mass is 284 g/mol. The lowest BCUT2D eigenvalue weighted by Gasteiger charge is -2.38. The Labute approximate surface area is 118 Å². The van der Waals surface area contributed by atoms with E-state index < -0.39 is 8.32 Å². The van der Waals surface area contributed by atoms with E-state index in [1.807, 2.05) is 6.08 Å². The van der Waals surface area contributed by atoms with E-state index in [1.165, 1.54) is 0 Å². The van der Waals surface area contributed by atoms with Gasteiger partial charge in [0.2, 0.25) is 0 Å². The molecule has 0 aromatic carbocycles. The first kappa shape index (κ1) is 16.4. The third kappa shape index (κ3) is 4.18. The van der Waals surface area contributed by atoms with Crippen molar-refractivity contribution in [3.05, 3.63) is 12.7 Å². The molecule has 1 rings (SSSR count). The Bertz CT molecular complexity index is 302. The standard InChI is InChI=1S/C15H28O3Si/c1-7-8-12-9-13(10-14(12)17-11-16)18-19(5,6)15(2,3)4/h7,11-14H,1,8-10H2,2-6H3/t12-,13-,14+/m1/s1. The van der Waals surface area contributed by atoms with Crippen LogP contribution in [0.15, 0.2) is 12.7 Å². The van der Waals surface area contributed by atoms with Crippen molar-refractivity contribution in [2.45, 2.75) is 70.4 Å². The van der Waals surface area contributed by atoms with Crippen molar-refractivity contribution in [3.8, 4) is 0 Å².